The van der Waals surface area contributed by atoms with Crippen LogP contribution < -0.4 is 10.9 Å². The molecule has 3 aliphatic heterocycles. The van der Waals surface area contributed by atoms with Crippen molar-refractivity contribution in [2.24, 2.45) is 0 Å². The van der Waals surface area contributed by atoms with Gasteiger partial charge >= 0.3 is 6.09 Å². The first-order valence-electron chi connectivity index (χ1n) is 16.9. The number of ether oxygens (including phenoxy) is 2. The van der Waals surface area contributed by atoms with Crippen LogP contribution in [0, 0.1) is 5.82 Å². The molecule has 4 fully saturated rings. The third-order valence-electron chi connectivity index (χ3n) is 9.85. The van der Waals surface area contributed by atoms with Crippen LogP contribution in [-0.4, -0.2) is 112 Å². The highest BCUT2D eigenvalue weighted by molar-refractivity contribution is 5.95. The summed E-state index contributed by atoms with van der Waals surface area (Å²) in [6.07, 6.45) is 3.05. The van der Waals surface area contributed by atoms with Crippen LogP contribution in [0.4, 0.5) is 9.18 Å². The Kier molecular flexibility index (Phi) is 9.67. The second kappa shape index (κ2) is 13.8. The van der Waals surface area contributed by atoms with Gasteiger partial charge in [-0.25, -0.2) is 14.3 Å². The number of carbonyl (C=O) groups excluding carboxylic acids is 4. The van der Waals surface area contributed by atoms with Crippen LogP contribution in [0.3, 0.4) is 0 Å². The van der Waals surface area contributed by atoms with E-state index in [0.717, 1.165) is 0 Å². The lowest BCUT2D eigenvalue weighted by atomic mass is 9.71. The minimum Gasteiger partial charge on any atom is -0.444 e. The summed E-state index contributed by atoms with van der Waals surface area (Å²) in [5, 5.41) is 10.9. The second-order valence-electron chi connectivity index (χ2n) is 14.6. The maximum atomic E-state index is 15.0. The number of benzene rings is 2. The number of aromatic amines is 1. The number of rotatable bonds is 9. The maximum absolute atomic E-state index is 15.0. The Morgan fingerprint density at radius 2 is 1.72 bits per heavy atom. The third kappa shape index (κ3) is 7.64. The zero-order chi connectivity index (χ0) is 35.7. The Morgan fingerprint density at radius 1 is 1.04 bits per heavy atom. The van der Waals surface area contributed by atoms with Gasteiger partial charge in [0.15, 0.2) is 0 Å². The van der Waals surface area contributed by atoms with E-state index in [1.54, 1.807) is 29.2 Å². The molecule has 266 valence electrons. The lowest BCUT2D eigenvalue weighted by molar-refractivity contribution is -0.173. The Hall–Kier alpha value is -4.85. The fourth-order valence-electron chi connectivity index (χ4n) is 7.10. The summed E-state index contributed by atoms with van der Waals surface area (Å²) < 4.78 is 26.6. The highest BCUT2D eigenvalue weighted by Gasteiger charge is 2.51. The molecule has 4 heterocycles. The molecule has 2 N–H and O–H groups in total. The van der Waals surface area contributed by atoms with E-state index in [-0.39, 0.29) is 62.7 Å². The van der Waals surface area contributed by atoms with Gasteiger partial charge in [0, 0.05) is 44.5 Å². The first-order chi connectivity index (χ1) is 23.8. The minimum absolute atomic E-state index is 0.0762. The van der Waals surface area contributed by atoms with E-state index in [0.29, 0.717) is 60.7 Å². The van der Waals surface area contributed by atoms with Crippen molar-refractivity contribution in [1.82, 2.24) is 30.2 Å². The molecule has 2 aromatic carbocycles. The van der Waals surface area contributed by atoms with Crippen LogP contribution in [0.25, 0.3) is 10.8 Å². The van der Waals surface area contributed by atoms with E-state index >= 15 is 0 Å². The minimum atomic E-state index is -0.650. The fraction of sp³-hybridized carbons (Fsp3) is 0.500. The summed E-state index contributed by atoms with van der Waals surface area (Å²) in [4.78, 5) is 67.9. The highest BCUT2D eigenvalue weighted by Crippen LogP contribution is 2.44. The SMILES string of the molecule is CC(C)(C)OC(=O)NC12CCC(CN(C=O)CC(=O)N3CCN(C(=O)c4cc(Cc5n[nH]c(=O)c6ccccc56)ccc4F)CC3)(CC1)OC2. The second-order valence-corrected chi connectivity index (χ2v) is 14.6. The van der Waals surface area contributed by atoms with Gasteiger partial charge in [0.05, 0.1) is 40.9 Å². The van der Waals surface area contributed by atoms with E-state index in [1.165, 1.54) is 21.9 Å². The largest absolute Gasteiger partial charge is 0.444 e. The summed E-state index contributed by atoms with van der Waals surface area (Å²) in [6.45, 7) is 6.75. The van der Waals surface area contributed by atoms with E-state index < -0.39 is 34.6 Å². The molecule has 0 unspecified atom stereocenters. The number of H-pyrrole nitrogens is 1. The molecule has 50 heavy (non-hydrogen) atoms. The molecule has 1 saturated carbocycles. The molecule has 4 amide bonds. The van der Waals surface area contributed by atoms with Crippen LogP contribution >= 0.6 is 0 Å². The summed E-state index contributed by atoms with van der Waals surface area (Å²) in [5.74, 6) is -1.38. The first-order valence-corrected chi connectivity index (χ1v) is 16.9. The van der Waals surface area contributed by atoms with Crippen molar-refractivity contribution in [2.45, 2.75) is 69.6 Å². The smallest absolute Gasteiger partial charge is 0.408 e. The van der Waals surface area contributed by atoms with Gasteiger partial charge in [-0.15, -0.1) is 0 Å². The van der Waals surface area contributed by atoms with E-state index in [2.05, 4.69) is 15.5 Å². The predicted octanol–water partition coefficient (Wildman–Crippen LogP) is 3.00. The Labute approximate surface area is 289 Å². The lowest BCUT2D eigenvalue weighted by Gasteiger charge is -2.54. The normalized spacial score (nSPS) is 21.9. The Bertz CT molecular complexity index is 1820. The molecule has 2 bridgehead atoms. The summed E-state index contributed by atoms with van der Waals surface area (Å²) in [7, 11) is 0. The highest BCUT2D eigenvalue weighted by atomic mass is 19.1. The molecule has 13 nitrogen and oxygen atoms in total. The topological polar surface area (TPSA) is 154 Å². The summed E-state index contributed by atoms with van der Waals surface area (Å²) >= 11 is 0. The van der Waals surface area contributed by atoms with Crippen LogP contribution in [0.15, 0.2) is 47.3 Å². The molecule has 3 aromatic rings. The van der Waals surface area contributed by atoms with Crippen molar-refractivity contribution >= 4 is 35.1 Å². The van der Waals surface area contributed by atoms with Crippen molar-refractivity contribution in [3.63, 3.8) is 0 Å². The first kappa shape index (κ1) is 35.0. The fourth-order valence-corrected chi connectivity index (χ4v) is 7.10. The molecule has 0 radical (unpaired) electrons. The number of alkyl carbamates (subject to hydrolysis) is 1. The molecule has 0 spiro atoms. The number of amides is 4. The van der Waals surface area contributed by atoms with Crippen LogP contribution in [0.2, 0.25) is 0 Å². The van der Waals surface area contributed by atoms with Crippen molar-refractivity contribution < 1.29 is 33.0 Å². The number of piperazine rings is 1. The molecule has 7 rings (SSSR count). The van der Waals surface area contributed by atoms with Gasteiger partial charge in [-0.1, -0.05) is 24.3 Å². The number of fused-ring (bicyclic) bond motifs is 4. The lowest BCUT2D eigenvalue weighted by Crippen LogP contribution is -2.65. The number of nitrogens with one attached hydrogen (secondary N) is 2. The molecule has 14 heteroatoms. The number of hydrogen-bond donors (Lipinski definition) is 2. The number of carbonyl (C=O) groups is 4. The van der Waals surface area contributed by atoms with Gasteiger partial charge in [-0.05, 0) is 70.2 Å². The van der Waals surface area contributed by atoms with Crippen LogP contribution in [-0.2, 0) is 25.5 Å². The van der Waals surface area contributed by atoms with Crippen LogP contribution in [0.5, 0.6) is 0 Å². The van der Waals surface area contributed by atoms with Crippen LogP contribution in [0.1, 0.15) is 68.1 Å². The van der Waals surface area contributed by atoms with Gasteiger partial charge in [-0.3, -0.25) is 19.2 Å². The van der Waals surface area contributed by atoms with Gasteiger partial charge in [0.25, 0.3) is 11.5 Å². The van der Waals surface area contributed by atoms with Crippen molar-refractivity contribution in [3.8, 4) is 0 Å². The maximum Gasteiger partial charge on any atom is 0.408 e. The Balaban J connectivity index is 1.01. The average Bonchev–Trinajstić information content (AvgIpc) is 3.09. The third-order valence-corrected chi connectivity index (χ3v) is 9.85. The standard InChI is InChI=1S/C36H43FN6O7/c1-34(2,3)50-33(48)38-35-10-12-36(13-11-35,49-22-35)21-41(23-44)20-30(45)42-14-16-43(17-15-42)32(47)27-18-24(8-9-28(27)37)19-29-25-6-4-5-7-26(25)31(46)40-39-29/h4-9,18,23H,10-17,19-22H2,1-3H3,(H,38,48)(H,40,46). The predicted molar refractivity (Wildman–Crippen MR) is 181 cm³/mol. The number of halogens is 1. The zero-order valence-electron chi connectivity index (χ0n) is 28.6. The summed E-state index contributed by atoms with van der Waals surface area (Å²) in [6, 6.07) is 11.4. The Morgan fingerprint density at radius 3 is 2.36 bits per heavy atom. The zero-order valence-corrected chi connectivity index (χ0v) is 28.6. The molecule has 1 aromatic heterocycles. The van der Waals surface area contributed by atoms with Gasteiger partial charge < -0.3 is 29.5 Å². The molecule has 1 aliphatic carbocycles. The quantitative estimate of drug-likeness (QED) is 0.325. The van der Waals surface area contributed by atoms with E-state index in [1.807, 2.05) is 26.8 Å². The molecular weight excluding hydrogens is 647 g/mol. The number of nitrogens with zero attached hydrogens (tertiary/aromatic N) is 4. The molecule has 0 atom stereocenters. The van der Waals surface area contributed by atoms with E-state index in [9.17, 15) is 28.4 Å². The molecular formula is C36H43FN6O7. The van der Waals surface area contributed by atoms with Crippen molar-refractivity contribution in [1.29, 1.82) is 0 Å². The monoisotopic (exact) mass is 690 g/mol. The molecule has 4 aliphatic rings. The van der Waals surface area contributed by atoms with Crippen molar-refractivity contribution in [2.75, 3.05) is 45.9 Å². The van der Waals surface area contributed by atoms with E-state index in [4.69, 9.17) is 9.47 Å². The summed E-state index contributed by atoms with van der Waals surface area (Å²) in [5.41, 5.74) is -0.835. The number of hydrogen-bond acceptors (Lipinski definition) is 8. The number of aromatic nitrogens is 2. The van der Waals surface area contributed by atoms with Gasteiger partial charge in [-0.2, -0.15) is 5.10 Å². The average molecular weight is 691 g/mol. The van der Waals surface area contributed by atoms with Crippen molar-refractivity contribution in [3.05, 3.63) is 75.5 Å². The van der Waals surface area contributed by atoms with Gasteiger partial charge in [0.1, 0.15) is 11.4 Å². The van der Waals surface area contributed by atoms with Gasteiger partial charge in [0.2, 0.25) is 12.3 Å². The molecule has 3 saturated heterocycles.